The van der Waals surface area contributed by atoms with Crippen molar-refractivity contribution in [2.45, 2.75) is 20.0 Å². The molecule has 0 aromatic heterocycles. The van der Waals surface area contributed by atoms with Gasteiger partial charge in [-0.2, -0.15) is 0 Å². The molecule has 0 aliphatic rings. The lowest BCUT2D eigenvalue weighted by Gasteiger charge is -2.15. The van der Waals surface area contributed by atoms with Crippen LogP contribution in [0.15, 0.2) is 60.7 Å². The number of hydrogen-bond donors (Lipinski definition) is 1. The van der Waals surface area contributed by atoms with E-state index in [0.29, 0.717) is 17.0 Å². The summed E-state index contributed by atoms with van der Waals surface area (Å²) in [6.07, 6.45) is -1.02. The first-order valence-electron chi connectivity index (χ1n) is 9.08. The molecular weight excluding hydrogens is 370 g/mol. The minimum Gasteiger partial charge on any atom is -0.496 e. The molecule has 0 spiro atoms. The molecule has 1 N–H and O–H groups in total. The summed E-state index contributed by atoms with van der Waals surface area (Å²) in [7, 11) is 1.47. The van der Waals surface area contributed by atoms with Crippen molar-refractivity contribution in [3.8, 4) is 5.75 Å². The highest BCUT2D eigenvalue weighted by Gasteiger charge is 2.22. The summed E-state index contributed by atoms with van der Waals surface area (Å²) < 4.78 is 10.7. The molecule has 3 rings (SSSR count). The molecule has 0 saturated heterocycles. The van der Waals surface area contributed by atoms with Gasteiger partial charge in [-0.05, 0) is 61.0 Å². The number of carbonyl (C=O) groups is 3. The van der Waals surface area contributed by atoms with Crippen molar-refractivity contribution < 1.29 is 23.9 Å². The van der Waals surface area contributed by atoms with Crippen LogP contribution in [0.2, 0.25) is 0 Å². The van der Waals surface area contributed by atoms with Crippen LogP contribution in [-0.2, 0) is 9.53 Å². The molecule has 148 valence electrons. The Morgan fingerprint density at radius 2 is 1.55 bits per heavy atom. The van der Waals surface area contributed by atoms with Crippen molar-refractivity contribution in [1.82, 2.24) is 0 Å². The van der Waals surface area contributed by atoms with Gasteiger partial charge in [0.2, 0.25) is 0 Å². The molecule has 0 bridgehead atoms. The van der Waals surface area contributed by atoms with Crippen LogP contribution in [0.1, 0.15) is 34.6 Å². The van der Waals surface area contributed by atoms with Crippen LogP contribution >= 0.6 is 0 Å². The zero-order valence-electron chi connectivity index (χ0n) is 16.4. The van der Waals surface area contributed by atoms with Gasteiger partial charge in [0.1, 0.15) is 11.3 Å². The topological polar surface area (TPSA) is 81.7 Å². The van der Waals surface area contributed by atoms with E-state index in [9.17, 15) is 14.4 Å². The second-order valence-corrected chi connectivity index (χ2v) is 6.57. The Morgan fingerprint density at radius 1 is 0.931 bits per heavy atom. The van der Waals surface area contributed by atoms with Gasteiger partial charge < -0.3 is 14.8 Å². The third kappa shape index (κ3) is 4.60. The van der Waals surface area contributed by atoms with Crippen LogP contribution in [0.4, 0.5) is 5.69 Å². The number of ketones is 1. The summed E-state index contributed by atoms with van der Waals surface area (Å²) in [4.78, 5) is 36.3. The fraction of sp³-hybridized carbons (Fsp3) is 0.174. The molecule has 3 aromatic carbocycles. The Morgan fingerprint density at radius 3 is 2.14 bits per heavy atom. The number of hydrogen-bond acceptors (Lipinski definition) is 5. The number of rotatable bonds is 6. The fourth-order valence-electron chi connectivity index (χ4n) is 2.86. The van der Waals surface area contributed by atoms with E-state index in [0.717, 1.165) is 10.8 Å². The summed E-state index contributed by atoms with van der Waals surface area (Å²) in [6, 6.07) is 17.5. The van der Waals surface area contributed by atoms with Gasteiger partial charge in [0.05, 0.1) is 7.11 Å². The molecule has 0 heterocycles. The number of amides is 1. The van der Waals surface area contributed by atoms with E-state index in [1.807, 2.05) is 24.3 Å². The van der Waals surface area contributed by atoms with E-state index in [1.54, 1.807) is 36.4 Å². The zero-order chi connectivity index (χ0) is 21.0. The monoisotopic (exact) mass is 391 g/mol. The first kappa shape index (κ1) is 20.1. The van der Waals surface area contributed by atoms with Gasteiger partial charge in [0.15, 0.2) is 11.9 Å². The predicted octanol–water partition coefficient (Wildman–Crippen LogP) is 4.24. The maximum Gasteiger partial charge on any atom is 0.342 e. The van der Waals surface area contributed by atoms with Gasteiger partial charge in [-0.15, -0.1) is 0 Å². The van der Waals surface area contributed by atoms with Crippen LogP contribution in [0.25, 0.3) is 10.8 Å². The first-order chi connectivity index (χ1) is 13.9. The summed E-state index contributed by atoms with van der Waals surface area (Å²) in [5, 5.41) is 4.46. The summed E-state index contributed by atoms with van der Waals surface area (Å²) >= 11 is 0. The van der Waals surface area contributed by atoms with E-state index >= 15 is 0 Å². The average molecular weight is 391 g/mol. The van der Waals surface area contributed by atoms with E-state index in [2.05, 4.69) is 5.32 Å². The number of benzene rings is 3. The van der Waals surface area contributed by atoms with Gasteiger partial charge in [0.25, 0.3) is 5.91 Å². The Bertz CT molecular complexity index is 1070. The number of esters is 1. The van der Waals surface area contributed by atoms with Crippen molar-refractivity contribution in [2.24, 2.45) is 0 Å². The van der Waals surface area contributed by atoms with E-state index in [4.69, 9.17) is 9.47 Å². The standard InChI is InChI=1S/C23H21NO5/c1-14(25)16-8-10-19(11-9-16)24-22(26)15(2)29-23(27)20-12-17-6-4-5-7-18(17)13-21(20)28-3/h4-13,15H,1-3H3,(H,24,26)/t15-/m1/s1. The van der Waals surface area contributed by atoms with Crippen molar-refractivity contribution in [3.63, 3.8) is 0 Å². The number of anilines is 1. The van der Waals surface area contributed by atoms with Crippen LogP contribution in [-0.4, -0.2) is 30.9 Å². The van der Waals surface area contributed by atoms with Crippen LogP contribution in [0.3, 0.4) is 0 Å². The van der Waals surface area contributed by atoms with Gasteiger partial charge in [-0.3, -0.25) is 9.59 Å². The lowest BCUT2D eigenvalue weighted by atomic mass is 10.1. The van der Waals surface area contributed by atoms with Crippen LogP contribution < -0.4 is 10.1 Å². The third-order valence-corrected chi connectivity index (χ3v) is 4.50. The molecule has 0 fully saturated rings. The number of ether oxygens (including phenoxy) is 2. The maximum absolute atomic E-state index is 12.6. The number of methoxy groups -OCH3 is 1. The van der Waals surface area contributed by atoms with Crippen molar-refractivity contribution >= 4 is 34.1 Å². The molecular formula is C23H21NO5. The quantitative estimate of drug-likeness (QED) is 0.502. The van der Waals surface area contributed by atoms with Gasteiger partial charge in [0, 0.05) is 11.3 Å². The van der Waals surface area contributed by atoms with E-state index in [-0.39, 0.29) is 11.3 Å². The lowest BCUT2D eigenvalue weighted by molar-refractivity contribution is -0.123. The summed E-state index contributed by atoms with van der Waals surface area (Å²) in [6.45, 7) is 2.96. The Labute approximate surface area is 168 Å². The molecule has 0 aliphatic heterocycles. The molecule has 0 saturated carbocycles. The predicted molar refractivity (Wildman–Crippen MR) is 110 cm³/mol. The molecule has 6 heteroatoms. The molecule has 6 nitrogen and oxygen atoms in total. The Balaban J connectivity index is 1.72. The molecule has 1 atom stereocenters. The largest absolute Gasteiger partial charge is 0.496 e. The second-order valence-electron chi connectivity index (χ2n) is 6.57. The van der Waals surface area contributed by atoms with E-state index in [1.165, 1.54) is 21.0 Å². The van der Waals surface area contributed by atoms with Gasteiger partial charge in [-0.1, -0.05) is 24.3 Å². The normalized spacial score (nSPS) is 11.6. The van der Waals surface area contributed by atoms with E-state index < -0.39 is 18.0 Å². The van der Waals surface area contributed by atoms with Crippen molar-refractivity contribution in [3.05, 3.63) is 71.8 Å². The second kappa shape index (κ2) is 8.56. The molecule has 0 unspecified atom stereocenters. The highest BCUT2D eigenvalue weighted by atomic mass is 16.5. The summed E-state index contributed by atoms with van der Waals surface area (Å²) in [5.74, 6) is -0.813. The number of nitrogens with one attached hydrogen (secondary N) is 1. The molecule has 3 aromatic rings. The van der Waals surface area contributed by atoms with Crippen LogP contribution in [0.5, 0.6) is 5.75 Å². The highest BCUT2D eigenvalue weighted by Crippen LogP contribution is 2.27. The maximum atomic E-state index is 12.6. The number of carbonyl (C=O) groups excluding carboxylic acids is 3. The minimum atomic E-state index is -1.02. The number of fused-ring (bicyclic) bond motifs is 1. The Kier molecular flexibility index (Phi) is 5.93. The summed E-state index contributed by atoms with van der Waals surface area (Å²) in [5.41, 5.74) is 1.30. The SMILES string of the molecule is COc1cc2ccccc2cc1C(=O)O[C@H](C)C(=O)Nc1ccc(C(C)=O)cc1. The van der Waals surface area contributed by atoms with Crippen molar-refractivity contribution in [2.75, 3.05) is 12.4 Å². The molecule has 0 radical (unpaired) electrons. The lowest BCUT2D eigenvalue weighted by Crippen LogP contribution is -2.30. The van der Waals surface area contributed by atoms with Crippen LogP contribution in [0, 0.1) is 0 Å². The zero-order valence-corrected chi connectivity index (χ0v) is 16.4. The highest BCUT2D eigenvalue weighted by molar-refractivity contribution is 6.01. The fourth-order valence-corrected chi connectivity index (χ4v) is 2.86. The minimum absolute atomic E-state index is 0.0606. The molecule has 0 aliphatic carbocycles. The molecule has 1 amide bonds. The van der Waals surface area contributed by atoms with Gasteiger partial charge >= 0.3 is 5.97 Å². The van der Waals surface area contributed by atoms with Crippen molar-refractivity contribution in [1.29, 1.82) is 0 Å². The number of Topliss-reactive ketones (excluding diaryl/α,β-unsaturated/α-hetero) is 1. The first-order valence-corrected chi connectivity index (χ1v) is 9.08. The smallest absolute Gasteiger partial charge is 0.342 e. The average Bonchev–Trinajstić information content (AvgIpc) is 2.72. The third-order valence-electron chi connectivity index (χ3n) is 4.50. The van der Waals surface area contributed by atoms with Gasteiger partial charge in [-0.25, -0.2) is 4.79 Å². The Hall–Kier alpha value is -3.67. The molecule has 29 heavy (non-hydrogen) atoms.